The number of hydrogen-bond donors (Lipinski definition) is 0. The third-order valence-electron chi connectivity index (χ3n) is 3.03. The van der Waals surface area contributed by atoms with Crippen molar-refractivity contribution in [1.29, 1.82) is 0 Å². The lowest BCUT2D eigenvalue weighted by Gasteiger charge is -2.21. The van der Waals surface area contributed by atoms with E-state index in [2.05, 4.69) is 0 Å². The molecule has 1 aromatic rings. The predicted octanol–water partition coefficient (Wildman–Crippen LogP) is 2.58. The molecule has 1 aromatic carbocycles. The molecule has 1 unspecified atom stereocenters. The summed E-state index contributed by atoms with van der Waals surface area (Å²) in [7, 11) is 1.31. The molecule has 0 radical (unpaired) electrons. The minimum Gasteiger partial charge on any atom is -0.497 e. The second-order valence-electron chi connectivity index (χ2n) is 4.24. The summed E-state index contributed by atoms with van der Waals surface area (Å²) in [5, 5.41) is 0. The monoisotopic (exact) mass is 256 g/mol. The molecule has 18 heavy (non-hydrogen) atoms. The molecule has 3 nitrogen and oxygen atoms in total. The first kappa shape index (κ1) is 13.0. The predicted molar refractivity (Wildman–Crippen MR) is 60.8 cm³/mol. The fourth-order valence-corrected chi connectivity index (χ4v) is 2.05. The standard InChI is InChI=1S/C13H14F2O3/c1-17-9-5-10(14)12(11(15)6-9)13(16)8-3-2-4-18-7-8/h5-6,8H,2-4,7H2,1H3. The Morgan fingerprint density at radius 2 is 2.06 bits per heavy atom. The number of benzene rings is 1. The summed E-state index contributed by atoms with van der Waals surface area (Å²) in [5.41, 5.74) is -0.494. The number of halogens is 2. The molecule has 0 aliphatic carbocycles. The van der Waals surface area contributed by atoms with E-state index < -0.39 is 28.9 Å². The highest BCUT2D eigenvalue weighted by molar-refractivity contribution is 5.98. The summed E-state index contributed by atoms with van der Waals surface area (Å²) in [4.78, 5) is 12.0. The smallest absolute Gasteiger partial charge is 0.174 e. The molecule has 0 aromatic heterocycles. The zero-order chi connectivity index (χ0) is 13.1. The summed E-state index contributed by atoms with van der Waals surface area (Å²) in [6.07, 6.45) is 1.33. The average Bonchev–Trinajstić information content (AvgIpc) is 2.38. The van der Waals surface area contributed by atoms with E-state index in [0.717, 1.165) is 18.6 Å². The first-order chi connectivity index (χ1) is 8.63. The molecule has 0 bridgehead atoms. The van der Waals surface area contributed by atoms with Gasteiger partial charge < -0.3 is 9.47 Å². The Kier molecular flexibility index (Phi) is 3.91. The molecular weight excluding hydrogens is 242 g/mol. The van der Waals surface area contributed by atoms with E-state index >= 15 is 0 Å². The van der Waals surface area contributed by atoms with E-state index in [1.165, 1.54) is 7.11 Å². The van der Waals surface area contributed by atoms with E-state index in [0.29, 0.717) is 13.0 Å². The van der Waals surface area contributed by atoms with Gasteiger partial charge in [-0.1, -0.05) is 0 Å². The number of ketones is 1. The van der Waals surface area contributed by atoms with Crippen LogP contribution in [0.2, 0.25) is 0 Å². The first-order valence-corrected chi connectivity index (χ1v) is 5.78. The van der Waals surface area contributed by atoms with Crippen LogP contribution in [0.15, 0.2) is 12.1 Å². The fraction of sp³-hybridized carbons (Fsp3) is 0.462. The van der Waals surface area contributed by atoms with Crippen LogP contribution in [-0.2, 0) is 4.74 Å². The zero-order valence-corrected chi connectivity index (χ0v) is 10.0. The molecule has 0 amide bonds. The summed E-state index contributed by atoms with van der Waals surface area (Å²) in [6, 6.07) is 2.03. The Bertz CT molecular complexity index is 431. The van der Waals surface area contributed by atoms with Crippen molar-refractivity contribution in [2.75, 3.05) is 20.3 Å². The van der Waals surface area contributed by atoms with E-state index in [4.69, 9.17) is 9.47 Å². The number of carbonyl (C=O) groups is 1. The summed E-state index contributed by atoms with van der Waals surface area (Å²) < 4.78 is 37.3. The van der Waals surface area contributed by atoms with E-state index in [1.54, 1.807) is 0 Å². The lowest BCUT2D eigenvalue weighted by Crippen LogP contribution is -2.26. The maximum absolute atomic E-state index is 13.7. The molecule has 2 rings (SSSR count). The highest BCUT2D eigenvalue weighted by Crippen LogP contribution is 2.25. The van der Waals surface area contributed by atoms with Crippen molar-refractivity contribution in [2.24, 2.45) is 5.92 Å². The molecule has 1 aliphatic rings. The van der Waals surface area contributed by atoms with Crippen LogP contribution in [0.25, 0.3) is 0 Å². The minimum atomic E-state index is -0.887. The van der Waals surface area contributed by atoms with Crippen molar-refractivity contribution >= 4 is 5.78 Å². The van der Waals surface area contributed by atoms with Crippen LogP contribution in [0.4, 0.5) is 8.78 Å². The van der Waals surface area contributed by atoms with E-state index in [-0.39, 0.29) is 12.4 Å². The maximum atomic E-state index is 13.7. The van der Waals surface area contributed by atoms with Crippen LogP contribution in [0.5, 0.6) is 5.75 Å². The molecular formula is C13H14F2O3. The number of ether oxygens (including phenoxy) is 2. The Balaban J connectivity index is 2.29. The zero-order valence-electron chi connectivity index (χ0n) is 10.0. The third kappa shape index (κ3) is 2.51. The van der Waals surface area contributed by atoms with Crippen molar-refractivity contribution in [1.82, 2.24) is 0 Å². The molecule has 5 heteroatoms. The SMILES string of the molecule is COc1cc(F)c(C(=O)C2CCCOC2)c(F)c1. The second kappa shape index (κ2) is 5.44. The highest BCUT2D eigenvalue weighted by atomic mass is 19.1. The minimum absolute atomic E-state index is 0.0569. The highest BCUT2D eigenvalue weighted by Gasteiger charge is 2.28. The Hall–Kier alpha value is -1.49. The van der Waals surface area contributed by atoms with Crippen LogP contribution in [0.1, 0.15) is 23.2 Å². The van der Waals surface area contributed by atoms with Gasteiger partial charge in [-0.15, -0.1) is 0 Å². The third-order valence-corrected chi connectivity index (χ3v) is 3.03. The number of methoxy groups -OCH3 is 1. The van der Waals surface area contributed by atoms with Gasteiger partial charge >= 0.3 is 0 Å². The lowest BCUT2D eigenvalue weighted by molar-refractivity contribution is 0.0456. The topological polar surface area (TPSA) is 35.5 Å². The molecule has 1 atom stereocenters. The summed E-state index contributed by atoms with van der Waals surface area (Å²) >= 11 is 0. The summed E-state index contributed by atoms with van der Waals surface area (Å²) in [5.74, 6) is -2.71. The molecule has 1 aliphatic heterocycles. The van der Waals surface area contributed by atoms with Crippen molar-refractivity contribution in [3.05, 3.63) is 29.3 Å². The van der Waals surface area contributed by atoms with Gasteiger partial charge in [0.05, 0.1) is 19.3 Å². The van der Waals surface area contributed by atoms with Crippen LogP contribution in [-0.4, -0.2) is 26.1 Å². The van der Waals surface area contributed by atoms with Gasteiger partial charge in [-0.05, 0) is 12.8 Å². The quantitative estimate of drug-likeness (QED) is 0.780. The van der Waals surface area contributed by atoms with Gasteiger partial charge in [0.2, 0.25) is 0 Å². The van der Waals surface area contributed by atoms with E-state index in [1.807, 2.05) is 0 Å². The number of Topliss-reactive ketones (excluding diaryl/α,β-unsaturated/α-hetero) is 1. The van der Waals surface area contributed by atoms with Gasteiger partial charge in [-0.2, -0.15) is 0 Å². The largest absolute Gasteiger partial charge is 0.497 e. The number of rotatable bonds is 3. The van der Waals surface area contributed by atoms with Crippen molar-refractivity contribution in [3.8, 4) is 5.75 Å². The molecule has 1 heterocycles. The second-order valence-corrected chi connectivity index (χ2v) is 4.24. The maximum Gasteiger partial charge on any atom is 0.174 e. The molecule has 98 valence electrons. The average molecular weight is 256 g/mol. The van der Waals surface area contributed by atoms with Gasteiger partial charge in [0, 0.05) is 24.7 Å². The Morgan fingerprint density at radius 3 is 2.56 bits per heavy atom. The van der Waals surface area contributed by atoms with Crippen molar-refractivity contribution < 1.29 is 23.0 Å². The van der Waals surface area contributed by atoms with Crippen LogP contribution >= 0.6 is 0 Å². The van der Waals surface area contributed by atoms with Gasteiger partial charge in [-0.3, -0.25) is 4.79 Å². The van der Waals surface area contributed by atoms with Gasteiger partial charge in [0.15, 0.2) is 5.78 Å². The van der Waals surface area contributed by atoms with Crippen LogP contribution < -0.4 is 4.74 Å². The van der Waals surface area contributed by atoms with E-state index in [9.17, 15) is 13.6 Å². The van der Waals surface area contributed by atoms with Gasteiger partial charge in [0.25, 0.3) is 0 Å². The van der Waals surface area contributed by atoms with Gasteiger partial charge in [-0.25, -0.2) is 8.78 Å². The number of hydrogen-bond acceptors (Lipinski definition) is 3. The van der Waals surface area contributed by atoms with Crippen molar-refractivity contribution in [3.63, 3.8) is 0 Å². The first-order valence-electron chi connectivity index (χ1n) is 5.78. The fourth-order valence-electron chi connectivity index (χ4n) is 2.05. The van der Waals surface area contributed by atoms with Crippen LogP contribution in [0.3, 0.4) is 0 Å². The normalized spacial score (nSPS) is 19.6. The Labute approximate surface area is 104 Å². The van der Waals surface area contributed by atoms with Crippen LogP contribution in [0, 0.1) is 17.6 Å². The molecule has 1 fully saturated rings. The Morgan fingerprint density at radius 1 is 1.39 bits per heavy atom. The summed E-state index contributed by atoms with van der Waals surface area (Å²) in [6.45, 7) is 0.821. The molecule has 1 saturated heterocycles. The molecule has 0 spiro atoms. The number of carbonyl (C=O) groups excluding carboxylic acids is 1. The lowest BCUT2D eigenvalue weighted by atomic mass is 9.92. The van der Waals surface area contributed by atoms with Gasteiger partial charge in [0.1, 0.15) is 17.4 Å². The molecule has 0 saturated carbocycles. The van der Waals surface area contributed by atoms with Crippen molar-refractivity contribution in [2.45, 2.75) is 12.8 Å². The molecule has 0 N–H and O–H groups in total.